The number of nitrogens with one attached hydrogen (secondary N) is 2. The standard InChI is InChI=1S/C28H33N7O3/c1-4-28(36)32-21-16-22(25(37-3)17-24(21)34-13-11-33(2)12-14-34)31-26-18-27(30-19-29-26)35-23(10-15-38-35)20-8-6-5-7-9-20/h4-9,16-19,23H,1,10-15H2,2-3H3,(H,32,36)(H,29,30,31). The molecule has 3 heterocycles. The lowest BCUT2D eigenvalue weighted by Crippen LogP contribution is -2.44. The quantitative estimate of drug-likeness (QED) is 0.432. The topological polar surface area (TPSA) is 95.1 Å². The van der Waals surface area contributed by atoms with E-state index in [1.807, 2.05) is 41.5 Å². The first-order valence-corrected chi connectivity index (χ1v) is 12.7. The minimum absolute atomic E-state index is 0.0667. The number of rotatable bonds is 8. The largest absolute Gasteiger partial charge is 0.494 e. The maximum atomic E-state index is 12.3. The smallest absolute Gasteiger partial charge is 0.247 e. The summed E-state index contributed by atoms with van der Waals surface area (Å²) in [5.41, 5.74) is 3.40. The predicted octanol–water partition coefficient (Wildman–Crippen LogP) is 3.99. The summed E-state index contributed by atoms with van der Waals surface area (Å²) in [6.07, 6.45) is 3.64. The number of hydrogen-bond acceptors (Lipinski definition) is 9. The van der Waals surface area contributed by atoms with E-state index in [2.05, 4.69) is 56.2 Å². The minimum atomic E-state index is -0.279. The molecule has 3 aromatic rings. The summed E-state index contributed by atoms with van der Waals surface area (Å²) in [6, 6.07) is 16.0. The van der Waals surface area contributed by atoms with Crippen LogP contribution < -0.4 is 25.3 Å². The van der Waals surface area contributed by atoms with Crippen molar-refractivity contribution in [2.75, 3.05) is 67.5 Å². The fraction of sp³-hybridized carbons (Fsp3) is 0.321. The Balaban J connectivity index is 1.44. The molecular weight excluding hydrogens is 482 g/mol. The molecule has 2 aromatic carbocycles. The number of carbonyl (C=O) groups excluding carboxylic acids is 1. The molecule has 0 spiro atoms. The van der Waals surface area contributed by atoms with Crippen molar-refractivity contribution in [3.8, 4) is 5.75 Å². The van der Waals surface area contributed by atoms with Crippen LogP contribution in [-0.4, -0.2) is 67.7 Å². The molecule has 1 amide bonds. The van der Waals surface area contributed by atoms with Crippen LogP contribution in [0.25, 0.3) is 0 Å². The van der Waals surface area contributed by atoms with Crippen LogP contribution in [0.15, 0.2) is 67.5 Å². The molecule has 10 heteroatoms. The molecule has 0 aliphatic carbocycles. The molecule has 0 saturated carbocycles. The van der Waals surface area contributed by atoms with Gasteiger partial charge in [0, 0.05) is 44.7 Å². The van der Waals surface area contributed by atoms with Crippen LogP contribution in [0.2, 0.25) is 0 Å². The van der Waals surface area contributed by atoms with Gasteiger partial charge in [0.25, 0.3) is 0 Å². The number of nitrogens with zero attached hydrogens (tertiary/aromatic N) is 5. The van der Waals surface area contributed by atoms with Crippen molar-refractivity contribution < 1.29 is 14.4 Å². The van der Waals surface area contributed by atoms with Crippen molar-refractivity contribution in [3.05, 3.63) is 73.1 Å². The third-order valence-electron chi connectivity index (χ3n) is 6.84. The SMILES string of the molecule is C=CC(=O)Nc1cc(Nc2cc(N3OCCC3c3ccccc3)ncn2)c(OC)cc1N1CCN(C)CC1. The van der Waals surface area contributed by atoms with Crippen LogP contribution in [0.3, 0.4) is 0 Å². The molecule has 10 nitrogen and oxygen atoms in total. The van der Waals surface area contributed by atoms with Gasteiger partial charge in [-0.05, 0) is 24.8 Å². The molecule has 1 aromatic heterocycles. The normalized spacial score (nSPS) is 17.8. The van der Waals surface area contributed by atoms with E-state index >= 15 is 0 Å². The molecule has 2 saturated heterocycles. The average molecular weight is 516 g/mol. The van der Waals surface area contributed by atoms with E-state index < -0.39 is 0 Å². The van der Waals surface area contributed by atoms with E-state index in [0.717, 1.165) is 38.3 Å². The van der Waals surface area contributed by atoms with E-state index in [1.54, 1.807) is 7.11 Å². The molecule has 38 heavy (non-hydrogen) atoms. The average Bonchev–Trinajstić information content (AvgIpc) is 3.45. The molecule has 2 fully saturated rings. The summed E-state index contributed by atoms with van der Waals surface area (Å²) in [5, 5.41) is 8.15. The number of anilines is 5. The summed E-state index contributed by atoms with van der Waals surface area (Å²) in [6.45, 7) is 7.77. The number of methoxy groups -OCH3 is 1. The molecular formula is C28H33N7O3. The maximum absolute atomic E-state index is 12.3. The van der Waals surface area contributed by atoms with Crippen molar-refractivity contribution in [2.24, 2.45) is 0 Å². The molecule has 0 radical (unpaired) electrons. The second-order valence-electron chi connectivity index (χ2n) is 9.31. The molecule has 2 aliphatic rings. The number of likely N-dealkylation sites (N-methyl/N-ethyl adjacent to an activating group) is 1. The van der Waals surface area contributed by atoms with Crippen LogP contribution in [0.1, 0.15) is 18.0 Å². The van der Waals surface area contributed by atoms with Crippen molar-refractivity contribution in [3.63, 3.8) is 0 Å². The van der Waals surface area contributed by atoms with Gasteiger partial charge >= 0.3 is 0 Å². The number of benzene rings is 2. The lowest BCUT2D eigenvalue weighted by molar-refractivity contribution is -0.111. The van der Waals surface area contributed by atoms with Crippen LogP contribution in [0.4, 0.5) is 28.7 Å². The first-order chi connectivity index (χ1) is 18.6. The zero-order valence-electron chi connectivity index (χ0n) is 21.8. The van der Waals surface area contributed by atoms with Crippen LogP contribution in [0.5, 0.6) is 5.75 Å². The third-order valence-corrected chi connectivity index (χ3v) is 6.84. The van der Waals surface area contributed by atoms with Crippen LogP contribution in [-0.2, 0) is 9.63 Å². The van der Waals surface area contributed by atoms with Crippen molar-refractivity contribution in [1.29, 1.82) is 0 Å². The van der Waals surface area contributed by atoms with E-state index in [4.69, 9.17) is 9.57 Å². The van der Waals surface area contributed by atoms with Crippen molar-refractivity contribution in [2.45, 2.75) is 12.5 Å². The number of carbonyl (C=O) groups is 1. The van der Waals surface area contributed by atoms with E-state index in [0.29, 0.717) is 35.4 Å². The zero-order chi connectivity index (χ0) is 26.5. The summed E-state index contributed by atoms with van der Waals surface area (Å²) >= 11 is 0. The van der Waals surface area contributed by atoms with Gasteiger partial charge < -0.3 is 25.2 Å². The summed E-state index contributed by atoms with van der Waals surface area (Å²) in [7, 11) is 3.74. The first-order valence-electron chi connectivity index (χ1n) is 12.7. The second-order valence-corrected chi connectivity index (χ2v) is 9.31. The van der Waals surface area contributed by atoms with Gasteiger partial charge in [-0.15, -0.1) is 0 Å². The van der Waals surface area contributed by atoms with Gasteiger partial charge in [0.1, 0.15) is 17.9 Å². The second kappa shape index (κ2) is 11.5. The Morgan fingerprint density at radius 3 is 2.63 bits per heavy atom. The number of piperazine rings is 1. The Morgan fingerprint density at radius 1 is 1.11 bits per heavy atom. The third kappa shape index (κ3) is 5.56. The fourth-order valence-corrected chi connectivity index (χ4v) is 4.78. The van der Waals surface area contributed by atoms with Gasteiger partial charge in [-0.25, -0.2) is 15.0 Å². The Morgan fingerprint density at radius 2 is 1.89 bits per heavy atom. The minimum Gasteiger partial charge on any atom is -0.494 e. The number of amides is 1. The highest BCUT2D eigenvalue weighted by Crippen LogP contribution is 2.39. The molecule has 2 N–H and O–H groups in total. The Hall–Kier alpha value is -4.15. The van der Waals surface area contributed by atoms with Crippen molar-refractivity contribution in [1.82, 2.24) is 14.9 Å². The molecule has 198 valence electrons. The zero-order valence-corrected chi connectivity index (χ0v) is 21.8. The van der Waals surface area contributed by atoms with E-state index in [9.17, 15) is 4.79 Å². The highest BCUT2D eigenvalue weighted by molar-refractivity contribution is 6.02. The number of hydroxylamine groups is 1. The maximum Gasteiger partial charge on any atom is 0.247 e. The molecule has 5 rings (SSSR count). The van der Waals surface area contributed by atoms with E-state index in [1.165, 1.54) is 18.0 Å². The van der Waals surface area contributed by atoms with Crippen molar-refractivity contribution >= 4 is 34.6 Å². The highest BCUT2D eigenvalue weighted by Gasteiger charge is 2.29. The molecule has 2 aliphatic heterocycles. The Labute approximate surface area is 222 Å². The summed E-state index contributed by atoms with van der Waals surface area (Å²) < 4.78 is 5.75. The summed E-state index contributed by atoms with van der Waals surface area (Å²) in [5.74, 6) is 1.58. The monoisotopic (exact) mass is 515 g/mol. The molecule has 0 bridgehead atoms. The fourth-order valence-electron chi connectivity index (χ4n) is 4.78. The van der Waals surface area contributed by atoms with Gasteiger partial charge in [-0.1, -0.05) is 36.9 Å². The molecule has 1 atom stereocenters. The lowest BCUT2D eigenvalue weighted by Gasteiger charge is -2.35. The molecule has 1 unspecified atom stereocenters. The van der Waals surface area contributed by atoms with E-state index in [-0.39, 0.29) is 11.9 Å². The Bertz CT molecular complexity index is 1280. The van der Waals surface area contributed by atoms with Gasteiger partial charge in [-0.3, -0.25) is 9.63 Å². The van der Waals surface area contributed by atoms with Gasteiger partial charge in [0.15, 0.2) is 5.82 Å². The van der Waals surface area contributed by atoms with Crippen LogP contribution >= 0.6 is 0 Å². The first kappa shape index (κ1) is 25.5. The summed E-state index contributed by atoms with van der Waals surface area (Å²) in [4.78, 5) is 31.7. The van der Waals surface area contributed by atoms with Crippen LogP contribution in [0, 0.1) is 0 Å². The predicted molar refractivity (Wildman–Crippen MR) is 149 cm³/mol. The van der Waals surface area contributed by atoms with Gasteiger partial charge in [0.05, 0.1) is 36.8 Å². The Kier molecular flexibility index (Phi) is 7.71. The van der Waals surface area contributed by atoms with Gasteiger partial charge in [0.2, 0.25) is 5.91 Å². The number of ether oxygens (including phenoxy) is 1. The number of hydrogen-bond donors (Lipinski definition) is 2. The lowest BCUT2D eigenvalue weighted by atomic mass is 10.0. The number of aromatic nitrogens is 2. The van der Waals surface area contributed by atoms with Gasteiger partial charge in [-0.2, -0.15) is 0 Å². The highest BCUT2D eigenvalue weighted by atomic mass is 16.7.